The molecule has 3 aromatic carbocycles. The van der Waals surface area contributed by atoms with Gasteiger partial charge in [0, 0.05) is 21.6 Å². The normalized spacial score (nSPS) is 11.1. The highest BCUT2D eigenvalue weighted by molar-refractivity contribution is 7.19. The van der Waals surface area contributed by atoms with Crippen molar-refractivity contribution in [3.63, 3.8) is 0 Å². The first-order chi connectivity index (χ1) is 18.1. The van der Waals surface area contributed by atoms with E-state index in [1.807, 2.05) is 60.0 Å². The maximum atomic E-state index is 13.9. The van der Waals surface area contributed by atoms with Crippen molar-refractivity contribution in [3.05, 3.63) is 122 Å². The average molecular weight is 504 g/mol. The molecule has 2 heterocycles. The smallest absolute Gasteiger partial charge is 0.257 e. The molecule has 0 fully saturated rings. The van der Waals surface area contributed by atoms with Crippen LogP contribution in [0.3, 0.4) is 0 Å². The molecule has 5 rings (SSSR count). The molecule has 0 radical (unpaired) electrons. The van der Waals surface area contributed by atoms with E-state index in [-0.39, 0.29) is 5.56 Å². The Morgan fingerprint density at radius 3 is 2.51 bits per heavy atom. The van der Waals surface area contributed by atoms with Crippen molar-refractivity contribution in [1.82, 2.24) is 9.55 Å². The van der Waals surface area contributed by atoms with E-state index in [0.29, 0.717) is 18.5 Å². The first kappa shape index (κ1) is 24.7. The number of nitriles is 1. The fourth-order valence-corrected chi connectivity index (χ4v) is 5.83. The van der Waals surface area contributed by atoms with Crippen LogP contribution in [-0.4, -0.2) is 9.55 Å². The lowest BCUT2D eigenvalue weighted by molar-refractivity contribution is 0.667. The minimum Gasteiger partial charge on any atom is -0.291 e. The van der Waals surface area contributed by atoms with Crippen LogP contribution < -0.4 is 5.56 Å². The first-order valence-corrected chi connectivity index (χ1v) is 13.5. The molecule has 5 aromatic rings. The van der Waals surface area contributed by atoms with Gasteiger partial charge in [0.15, 0.2) is 0 Å². The van der Waals surface area contributed by atoms with Crippen LogP contribution in [0.2, 0.25) is 0 Å². The molecule has 0 amide bonds. The summed E-state index contributed by atoms with van der Waals surface area (Å²) in [6, 6.07) is 28.6. The van der Waals surface area contributed by atoms with E-state index in [0.717, 1.165) is 57.9 Å². The van der Waals surface area contributed by atoms with Crippen molar-refractivity contribution in [1.29, 1.82) is 5.26 Å². The molecule has 4 nitrogen and oxygen atoms in total. The zero-order valence-corrected chi connectivity index (χ0v) is 22.0. The molecule has 0 bridgehead atoms. The molecule has 0 unspecified atom stereocenters. The average Bonchev–Trinajstić information content (AvgIpc) is 3.34. The molecule has 0 aliphatic carbocycles. The van der Waals surface area contributed by atoms with Gasteiger partial charge in [-0.05, 0) is 60.0 Å². The third-order valence-electron chi connectivity index (χ3n) is 6.79. The summed E-state index contributed by atoms with van der Waals surface area (Å²) in [6.07, 6.45) is 3.40. The van der Waals surface area contributed by atoms with Crippen LogP contribution in [0.5, 0.6) is 0 Å². The molecule has 0 aliphatic rings. The number of unbranched alkanes of at least 4 members (excludes halogenated alkanes) is 1. The summed E-state index contributed by atoms with van der Waals surface area (Å²) in [6.45, 7) is 4.63. The number of hydrogen-bond acceptors (Lipinski definition) is 4. The van der Waals surface area contributed by atoms with Crippen LogP contribution in [0.4, 0.5) is 0 Å². The maximum absolute atomic E-state index is 13.9. The van der Waals surface area contributed by atoms with Crippen molar-refractivity contribution in [3.8, 4) is 17.2 Å². The summed E-state index contributed by atoms with van der Waals surface area (Å²) < 4.78 is 3.06. The number of fused-ring (bicyclic) bond motifs is 1. The highest BCUT2D eigenvalue weighted by atomic mass is 32.1. The van der Waals surface area contributed by atoms with Crippen LogP contribution in [0.1, 0.15) is 52.9 Å². The van der Waals surface area contributed by atoms with E-state index in [2.05, 4.69) is 43.3 Å². The number of nitrogens with zero attached hydrogens (tertiary/aromatic N) is 3. The van der Waals surface area contributed by atoms with E-state index in [4.69, 9.17) is 4.98 Å². The highest BCUT2D eigenvalue weighted by Gasteiger charge is 2.16. The fourth-order valence-electron chi connectivity index (χ4n) is 4.78. The second kappa shape index (κ2) is 10.9. The van der Waals surface area contributed by atoms with E-state index in [1.54, 1.807) is 11.3 Å². The lowest BCUT2D eigenvalue weighted by Crippen LogP contribution is -2.29. The van der Waals surface area contributed by atoms with Gasteiger partial charge in [-0.15, -0.1) is 11.3 Å². The van der Waals surface area contributed by atoms with Gasteiger partial charge in [-0.1, -0.05) is 74.0 Å². The number of hydrogen-bond donors (Lipinski definition) is 0. The monoisotopic (exact) mass is 503 g/mol. The van der Waals surface area contributed by atoms with Gasteiger partial charge < -0.3 is 0 Å². The van der Waals surface area contributed by atoms with Crippen LogP contribution >= 0.6 is 11.3 Å². The molecule has 0 saturated heterocycles. The van der Waals surface area contributed by atoms with Gasteiger partial charge in [0.05, 0.1) is 23.9 Å². The molecular formula is C32H29N3OS. The topological polar surface area (TPSA) is 58.7 Å². The number of rotatable bonds is 8. The van der Waals surface area contributed by atoms with Crippen LogP contribution in [0.15, 0.2) is 83.7 Å². The number of thiophene rings is 1. The number of aromatic nitrogens is 2. The van der Waals surface area contributed by atoms with Gasteiger partial charge in [-0.25, -0.2) is 4.98 Å². The molecule has 0 atom stereocenters. The van der Waals surface area contributed by atoms with Crippen LogP contribution in [-0.2, 0) is 19.4 Å². The Hall–Kier alpha value is -4.01. The molecule has 0 spiro atoms. The Bertz CT molecular complexity index is 1620. The highest BCUT2D eigenvalue weighted by Crippen LogP contribution is 2.27. The van der Waals surface area contributed by atoms with Gasteiger partial charge in [0.1, 0.15) is 5.82 Å². The van der Waals surface area contributed by atoms with Crippen molar-refractivity contribution >= 4 is 21.4 Å². The van der Waals surface area contributed by atoms with Gasteiger partial charge >= 0.3 is 0 Å². The number of benzene rings is 3. The summed E-state index contributed by atoms with van der Waals surface area (Å²) in [5.41, 5.74) is 5.38. The van der Waals surface area contributed by atoms with Gasteiger partial charge in [-0.2, -0.15) is 5.26 Å². The summed E-state index contributed by atoms with van der Waals surface area (Å²) in [4.78, 5) is 20.0. The van der Waals surface area contributed by atoms with E-state index in [9.17, 15) is 10.1 Å². The Morgan fingerprint density at radius 1 is 1.00 bits per heavy atom. The molecule has 37 heavy (non-hydrogen) atoms. The molecule has 184 valence electrons. The maximum Gasteiger partial charge on any atom is 0.257 e. The predicted octanol–water partition coefficient (Wildman–Crippen LogP) is 7.29. The summed E-state index contributed by atoms with van der Waals surface area (Å²) in [5.74, 6) is 0.765. The minimum absolute atomic E-state index is 0.0509. The number of aryl methyl sites for hydroxylation is 2. The third kappa shape index (κ3) is 5.26. The second-order valence-electron chi connectivity index (χ2n) is 9.36. The molecule has 0 N–H and O–H groups in total. The van der Waals surface area contributed by atoms with Crippen molar-refractivity contribution < 1.29 is 0 Å². The zero-order chi connectivity index (χ0) is 25.8. The molecule has 5 heteroatoms. The van der Waals surface area contributed by atoms with Gasteiger partial charge in [0.25, 0.3) is 5.56 Å². The Kier molecular flexibility index (Phi) is 7.30. The zero-order valence-electron chi connectivity index (χ0n) is 21.2. The molecular weight excluding hydrogens is 474 g/mol. The fraction of sp³-hybridized carbons (Fsp3) is 0.219. The standard InChI is InChI=1S/C32H29N3OS/c1-3-4-12-30-29(18-23-14-16-24(17-15-23)28-11-7-5-10-26(28)20-33)32(36)35(22(2)34-30)21-27-19-25-9-6-8-13-31(25)37-27/h5-11,13-17,19H,3-4,12,18,21H2,1-2H3. The van der Waals surface area contributed by atoms with E-state index in [1.165, 1.54) is 10.1 Å². The lowest BCUT2D eigenvalue weighted by atomic mass is 9.97. The molecule has 0 aliphatic heterocycles. The Labute approximate surface area is 221 Å². The Balaban J connectivity index is 1.49. The predicted molar refractivity (Wildman–Crippen MR) is 152 cm³/mol. The largest absolute Gasteiger partial charge is 0.291 e. The van der Waals surface area contributed by atoms with Gasteiger partial charge in [-0.3, -0.25) is 9.36 Å². The van der Waals surface area contributed by atoms with Crippen LogP contribution in [0.25, 0.3) is 21.2 Å². The van der Waals surface area contributed by atoms with E-state index >= 15 is 0 Å². The van der Waals surface area contributed by atoms with Gasteiger partial charge in [0.2, 0.25) is 0 Å². The summed E-state index contributed by atoms with van der Waals surface area (Å²) in [5, 5.41) is 10.7. The van der Waals surface area contributed by atoms with Crippen molar-refractivity contribution in [2.45, 2.75) is 46.1 Å². The Morgan fingerprint density at radius 2 is 1.76 bits per heavy atom. The third-order valence-corrected chi connectivity index (χ3v) is 7.89. The lowest BCUT2D eigenvalue weighted by Gasteiger charge is -2.15. The van der Waals surface area contributed by atoms with Crippen molar-refractivity contribution in [2.24, 2.45) is 0 Å². The van der Waals surface area contributed by atoms with Crippen molar-refractivity contribution in [2.75, 3.05) is 0 Å². The molecule has 2 aromatic heterocycles. The van der Waals surface area contributed by atoms with E-state index < -0.39 is 0 Å². The SMILES string of the molecule is CCCCc1nc(C)n(Cc2cc3ccccc3s2)c(=O)c1Cc1ccc(-c2ccccc2C#N)cc1. The first-order valence-electron chi connectivity index (χ1n) is 12.7. The second-order valence-corrected chi connectivity index (χ2v) is 10.5. The molecule has 0 saturated carbocycles. The quantitative estimate of drug-likeness (QED) is 0.223. The summed E-state index contributed by atoms with van der Waals surface area (Å²) in [7, 11) is 0. The summed E-state index contributed by atoms with van der Waals surface area (Å²) >= 11 is 1.73. The van der Waals surface area contributed by atoms with Crippen LogP contribution in [0, 0.1) is 18.3 Å². The minimum atomic E-state index is 0.0509.